The van der Waals surface area contributed by atoms with Crippen molar-refractivity contribution in [3.63, 3.8) is 0 Å². The first-order valence-electron chi connectivity index (χ1n) is 24.6. The third-order valence-corrected chi connectivity index (χ3v) is 17.2. The molecule has 6 heteroatoms. The second-order valence-corrected chi connectivity index (χ2v) is 20.8. The van der Waals surface area contributed by atoms with E-state index in [4.69, 9.17) is 0 Å². The molecule has 8 aromatic rings. The summed E-state index contributed by atoms with van der Waals surface area (Å²) in [6.07, 6.45) is 14.9. The van der Waals surface area contributed by atoms with E-state index in [9.17, 15) is 10.5 Å². The van der Waals surface area contributed by atoms with Crippen molar-refractivity contribution in [2.75, 3.05) is 9.80 Å². The van der Waals surface area contributed by atoms with Gasteiger partial charge in [0.25, 0.3) is 6.71 Å². The Morgan fingerprint density at radius 3 is 1.77 bits per heavy atom. The van der Waals surface area contributed by atoms with Crippen LogP contribution in [0.1, 0.15) is 98.8 Å². The minimum atomic E-state index is -0.105. The fourth-order valence-electron chi connectivity index (χ4n) is 14.9. The van der Waals surface area contributed by atoms with Gasteiger partial charge < -0.3 is 14.4 Å². The zero-order valence-corrected chi connectivity index (χ0v) is 37.3. The first kappa shape index (κ1) is 38.3. The highest BCUT2D eigenvalue weighted by Crippen LogP contribution is 2.61. The highest BCUT2D eigenvalue weighted by Gasteiger charge is 2.52. The Bertz CT molecular complexity index is 3360. The predicted octanol–water partition coefficient (Wildman–Crippen LogP) is 13.1. The number of hydrogen-bond acceptors (Lipinski definition) is 4. The number of anilines is 6. The van der Waals surface area contributed by atoms with Gasteiger partial charge in [-0.3, -0.25) is 0 Å². The summed E-state index contributed by atoms with van der Waals surface area (Å²) in [4.78, 5) is 4.60. The summed E-state index contributed by atoms with van der Waals surface area (Å²) in [5.74, 6) is 3.28. The Morgan fingerprint density at radius 2 is 1.11 bits per heavy atom. The monoisotopic (exact) mass is 851 g/mol. The van der Waals surface area contributed by atoms with Gasteiger partial charge in [-0.15, -0.1) is 0 Å². The van der Waals surface area contributed by atoms with Crippen molar-refractivity contribution in [3.8, 4) is 17.8 Å². The molecule has 5 saturated carbocycles. The van der Waals surface area contributed by atoms with Crippen molar-refractivity contribution in [2.24, 2.45) is 17.8 Å². The average Bonchev–Trinajstić information content (AvgIpc) is 3.69. The molecule has 4 bridgehead atoms. The molecule has 0 atom stereocenters. The number of para-hydroxylation sites is 3. The maximum atomic E-state index is 10.6. The predicted molar refractivity (Wildman–Crippen MR) is 270 cm³/mol. The molecule has 7 aliphatic rings. The number of fused-ring (bicyclic) bond motifs is 7. The normalized spacial score (nSPS) is 22.5. The van der Waals surface area contributed by atoms with Crippen LogP contribution in [0.4, 0.5) is 34.1 Å². The molecule has 0 radical (unpaired) electrons. The second kappa shape index (κ2) is 14.5. The molecule has 5 aliphatic carbocycles. The van der Waals surface area contributed by atoms with Gasteiger partial charge in [0.1, 0.15) is 12.1 Å². The maximum Gasteiger partial charge on any atom is 0.252 e. The Labute approximate surface area is 387 Å². The molecule has 0 N–H and O–H groups in total. The minimum Gasteiger partial charge on any atom is -0.310 e. The van der Waals surface area contributed by atoms with Crippen LogP contribution >= 0.6 is 0 Å². The lowest BCUT2D eigenvalue weighted by atomic mass is 9.33. The summed E-state index contributed by atoms with van der Waals surface area (Å²) in [6, 6.07) is 58.5. The summed E-state index contributed by atoms with van der Waals surface area (Å²) < 4.78 is 2.58. The van der Waals surface area contributed by atoms with Gasteiger partial charge >= 0.3 is 0 Å². The number of hydrogen-bond donors (Lipinski definition) is 0. The van der Waals surface area contributed by atoms with Gasteiger partial charge in [-0.05, 0) is 187 Å². The highest BCUT2D eigenvalue weighted by atomic mass is 15.2. The summed E-state index contributed by atoms with van der Waals surface area (Å²) in [5, 5.41) is 23.8. The van der Waals surface area contributed by atoms with Gasteiger partial charge in [0, 0.05) is 39.2 Å². The van der Waals surface area contributed by atoms with Gasteiger partial charge in [-0.2, -0.15) is 10.5 Å². The van der Waals surface area contributed by atoms with E-state index in [0.29, 0.717) is 22.5 Å². The molecule has 1 aromatic heterocycles. The van der Waals surface area contributed by atoms with E-state index >= 15 is 0 Å². The molecule has 0 spiro atoms. The van der Waals surface area contributed by atoms with Crippen LogP contribution in [0, 0.1) is 40.4 Å². The van der Waals surface area contributed by atoms with Crippen molar-refractivity contribution < 1.29 is 0 Å². The van der Waals surface area contributed by atoms with Crippen LogP contribution < -0.4 is 26.2 Å². The summed E-state index contributed by atoms with van der Waals surface area (Å²) in [5.41, 5.74) is 17.8. The molecule has 0 unspecified atom stereocenters. The van der Waals surface area contributed by atoms with Gasteiger partial charge in [0.15, 0.2) is 0 Å². The molecule has 5 nitrogen and oxygen atoms in total. The van der Waals surface area contributed by atoms with Gasteiger partial charge in [-0.1, -0.05) is 86.0 Å². The zero-order chi connectivity index (χ0) is 43.7. The SMILES string of the molecule is N#Cc1ccccc1N1c2ccccc2B2c3cc(-n4c5ccc(C67CC8CC(CC(C8)C6)C7)cc5c5ccc(C6CCCCC6)cc54)ccc3N(c3ccccc3C#N)c3cccc1c32. The fourth-order valence-corrected chi connectivity index (χ4v) is 14.9. The van der Waals surface area contributed by atoms with Crippen LogP contribution in [0.15, 0.2) is 146 Å². The van der Waals surface area contributed by atoms with E-state index < -0.39 is 0 Å². The lowest BCUT2D eigenvalue weighted by Crippen LogP contribution is -2.61. The number of nitrogens with zero attached hydrogens (tertiary/aromatic N) is 5. The van der Waals surface area contributed by atoms with Crippen LogP contribution in [0.5, 0.6) is 0 Å². The third kappa shape index (κ3) is 5.51. The van der Waals surface area contributed by atoms with Crippen molar-refractivity contribution in [2.45, 2.75) is 82.0 Å². The van der Waals surface area contributed by atoms with Gasteiger partial charge in [-0.25, -0.2) is 0 Å². The van der Waals surface area contributed by atoms with Crippen molar-refractivity contribution >= 4 is 79.0 Å². The Morgan fingerprint density at radius 1 is 0.500 bits per heavy atom. The van der Waals surface area contributed by atoms with Gasteiger partial charge in [0.2, 0.25) is 0 Å². The summed E-state index contributed by atoms with van der Waals surface area (Å²) in [6.45, 7) is -0.105. The molecule has 2 aliphatic heterocycles. The second-order valence-electron chi connectivity index (χ2n) is 20.8. The Hall–Kier alpha value is -7.02. The van der Waals surface area contributed by atoms with Crippen molar-refractivity contribution in [1.82, 2.24) is 4.57 Å². The fraction of sp³-hybridized carbons (Fsp3) is 0.267. The quantitative estimate of drug-likeness (QED) is 0.162. The summed E-state index contributed by atoms with van der Waals surface area (Å²) in [7, 11) is 0. The molecular weight excluding hydrogens is 802 g/mol. The minimum absolute atomic E-state index is 0.105. The molecule has 318 valence electrons. The van der Waals surface area contributed by atoms with E-state index in [-0.39, 0.29) is 6.71 Å². The topological polar surface area (TPSA) is 59.0 Å². The van der Waals surface area contributed by atoms with Crippen molar-refractivity contribution in [3.05, 3.63) is 168 Å². The molecule has 3 heterocycles. The largest absolute Gasteiger partial charge is 0.310 e. The van der Waals surface area contributed by atoms with E-state index in [1.54, 1.807) is 5.56 Å². The van der Waals surface area contributed by atoms with Crippen LogP contribution in [-0.4, -0.2) is 11.3 Å². The van der Waals surface area contributed by atoms with E-state index in [0.717, 1.165) is 57.6 Å². The molecule has 5 fully saturated rings. The first-order chi connectivity index (χ1) is 32.6. The Balaban J connectivity index is 1.02. The molecule has 66 heavy (non-hydrogen) atoms. The zero-order valence-electron chi connectivity index (χ0n) is 37.3. The van der Waals surface area contributed by atoms with Crippen LogP contribution in [-0.2, 0) is 5.41 Å². The number of nitriles is 2. The molecular formula is C60H50BN5. The van der Waals surface area contributed by atoms with E-state index in [2.05, 4.69) is 136 Å². The lowest BCUT2D eigenvalue weighted by Gasteiger charge is -2.57. The smallest absolute Gasteiger partial charge is 0.252 e. The number of rotatable bonds is 5. The van der Waals surface area contributed by atoms with E-state index in [1.165, 1.54) is 114 Å². The molecule has 0 saturated heterocycles. The molecule has 7 aromatic carbocycles. The standard InChI is InChI=1S/C60H50BN5/c62-36-43-13-4-7-16-51(43)65-54-18-9-6-15-49(54)61-50-32-46(23-26-55(50)66(52-17-8-5-14-44(52)37-63)57-20-10-19-56(65)59(57)61)64-53-25-22-45(60-33-38-27-39(34-60)29-40(28-38)35-60)31-48(53)47-24-21-42(30-58(47)64)41-11-2-1-3-12-41/h4-10,13-26,30-32,38-41H,1-3,11-12,27-29,33-35H2. The number of benzene rings is 7. The first-order valence-corrected chi connectivity index (χ1v) is 24.6. The Kier molecular flexibility index (Phi) is 8.40. The third-order valence-electron chi connectivity index (χ3n) is 17.2. The van der Waals surface area contributed by atoms with Crippen LogP contribution in [0.2, 0.25) is 0 Å². The van der Waals surface area contributed by atoms with Gasteiger partial charge in [0.05, 0.1) is 33.5 Å². The van der Waals surface area contributed by atoms with Crippen molar-refractivity contribution in [1.29, 1.82) is 10.5 Å². The summed E-state index contributed by atoms with van der Waals surface area (Å²) >= 11 is 0. The molecule has 0 amide bonds. The van der Waals surface area contributed by atoms with E-state index in [1.807, 2.05) is 36.4 Å². The highest BCUT2D eigenvalue weighted by molar-refractivity contribution is 7.00. The average molecular weight is 852 g/mol. The van der Waals surface area contributed by atoms with Crippen LogP contribution in [0.3, 0.4) is 0 Å². The molecule has 15 rings (SSSR count). The van der Waals surface area contributed by atoms with Crippen LogP contribution in [0.25, 0.3) is 27.5 Å². The maximum absolute atomic E-state index is 10.6. The lowest BCUT2D eigenvalue weighted by molar-refractivity contribution is -0.00512. The number of aromatic nitrogens is 1.